The number of amides is 1. The molecule has 1 heterocycles. The third-order valence-electron chi connectivity index (χ3n) is 1.60. The largest absolute Gasteiger partial charge is 0.341 e. The van der Waals surface area contributed by atoms with Crippen molar-refractivity contribution in [2.24, 2.45) is 0 Å². The Kier molecular flexibility index (Phi) is 1.71. The van der Waals surface area contributed by atoms with Crippen LogP contribution in [0.15, 0.2) is 0 Å². The van der Waals surface area contributed by atoms with Crippen LogP contribution in [0.25, 0.3) is 0 Å². The molecule has 1 aliphatic heterocycles. The summed E-state index contributed by atoms with van der Waals surface area (Å²) >= 11 is 0. The van der Waals surface area contributed by atoms with E-state index in [4.69, 9.17) is 0 Å². The zero-order valence-corrected chi connectivity index (χ0v) is 5.85. The Morgan fingerprint density at radius 3 is 2.56 bits per heavy atom. The van der Waals surface area contributed by atoms with Crippen molar-refractivity contribution in [1.82, 2.24) is 10.2 Å². The number of nitrogens with zero attached hydrogens (tertiary/aromatic N) is 1. The third kappa shape index (κ3) is 1.42. The van der Waals surface area contributed by atoms with Gasteiger partial charge in [0.1, 0.15) is 0 Å². The Hall–Kier alpha value is -0.570. The summed E-state index contributed by atoms with van der Waals surface area (Å²) in [5.74, 6) is 0.175. The van der Waals surface area contributed by atoms with E-state index in [1.54, 1.807) is 0 Å². The molecule has 1 atom stereocenters. The molecule has 0 radical (unpaired) electrons. The summed E-state index contributed by atoms with van der Waals surface area (Å²) in [6.45, 7) is 0. The smallest absolute Gasteiger partial charge is 0.221 e. The standard InChI is InChI=1S/C6H12N2O/c1-8(2)5-3-4-6(9)7-5/h5H,3-4H2,1-2H3,(H,7,9). The summed E-state index contributed by atoms with van der Waals surface area (Å²) in [4.78, 5) is 12.6. The fourth-order valence-corrected chi connectivity index (χ4v) is 0.985. The molecule has 0 aliphatic carbocycles. The van der Waals surface area contributed by atoms with E-state index in [0.29, 0.717) is 6.42 Å². The zero-order chi connectivity index (χ0) is 6.85. The molecule has 1 saturated heterocycles. The van der Waals surface area contributed by atoms with Crippen LogP contribution in [0.4, 0.5) is 0 Å². The number of rotatable bonds is 1. The van der Waals surface area contributed by atoms with Gasteiger partial charge in [-0.25, -0.2) is 0 Å². The molecule has 1 N–H and O–H groups in total. The average molecular weight is 128 g/mol. The minimum Gasteiger partial charge on any atom is -0.341 e. The van der Waals surface area contributed by atoms with Gasteiger partial charge < -0.3 is 5.32 Å². The van der Waals surface area contributed by atoms with Crippen molar-refractivity contribution < 1.29 is 4.79 Å². The Morgan fingerprint density at radius 2 is 2.33 bits per heavy atom. The van der Waals surface area contributed by atoms with E-state index in [1.807, 2.05) is 19.0 Å². The van der Waals surface area contributed by atoms with Crippen molar-refractivity contribution >= 4 is 5.91 Å². The van der Waals surface area contributed by atoms with Gasteiger partial charge >= 0.3 is 0 Å². The van der Waals surface area contributed by atoms with Gasteiger partial charge in [0.05, 0.1) is 6.17 Å². The fraction of sp³-hybridized carbons (Fsp3) is 0.833. The van der Waals surface area contributed by atoms with Gasteiger partial charge in [0, 0.05) is 6.42 Å². The molecule has 0 spiro atoms. The first-order valence-corrected chi connectivity index (χ1v) is 3.16. The number of hydrogen-bond acceptors (Lipinski definition) is 2. The molecule has 1 amide bonds. The Labute approximate surface area is 55.0 Å². The second-order valence-electron chi connectivity index (χ2n) is 2.59. The van der Waals surface area contributed by atoms with Gasteiger partial charge in [0.2, 0.25) is 5.91 Å². The summed E-state index contributed by atoms with van der Waals surface area (Å²) in [7, 11) is 3.94. The lowest BCUT2D eigenvalue weighted by Crippen LogP contribution is -2.37. The lowest BCUT2D eigenvalue weighted by atomic mass is 10.3. The highest BCUT2D eigenvalue weighted by Gasteiger charge is 2.21. The quantitative estimate of drug-likeness (QED) is 0.529. The molecular weight excluding hydrogens is 116 g/mol. The molecule has 0 aromatic rings. The topological polar surface area (TPSA) is 32.3 Å². The van der Waals surface area contributed by atoms with Crippen LogP contribution in [0.1, 0.15) is 12.8 Å². The molecule has 1 fully saturated rings. The summed E-state index contributed by atoms with van der Waals surface area (Å²) < 4.78 is 0. The van der Waals surface area contributed by atoms with Gasteiger partial charge in [0.15, 0.2) is 0 Å². The lowest BCUT2D eigenvalue weighted by Gasteiger charge is -2.17. The van der Waals surface area contributed by atoms with Gasteiger partial charge in [0.25, 0.3) is 0 Å². The van der Waals surface area contributed by atoms with Crippen LogP contribution in [0, 0.1) is 0 Å². The maximum absolute atomic E-state index is 10.6. The molecule has 52 valence electrons. The predicted molar refractivity (Wildman–Crippen MR) is 34.9 cm³/mol. The van der Waals surface area contributed by atoms with Crippen molar-refractivity contribution in [2.75, 3.05) is 14.1 Å². The number of carbonyl (C=O) groups is 1. The zero-order valence-electron chi connectivity index (χ0n) is 5.85. The SMILES string of the molecule is CN(C)C1CCC(=O)N1. The Bertz CT molecular complexity index is 122. The second-order valence-corrected chi connectivity index (χ2v) is 2.59. The monoisotopic (exact) mass is 128 g/mol. The summed E-state index contributed by atoms with van der Waals surface area (Å²) in [5, 5.41) is 2.84. The number of hydrogen-bond donors (Lipinski definition) is 1. The van der Waals surface area contributed by atoms with Crippen LogP contribution in [0.3, 0.4) is 0 Å². The molecule has 9 heavy (non-hydrogen) atoms. The summed E-state index contributed by atoms with van der Waals surface area (Å²) in [6.07, 6.45) is 1.91. The summed E-state index contributed by atoms with van der Waals surface area (Å²) in [5.41, 5.74) is 0. The number of nitrogens with one attached hydrogen (secondary N) is 1. The van der Waals surface area contributed by atoms with E-state index < -0.39 is 0 Å². The van der Waals surface area contributed by atoms with Crippen LogP contribution >= 0.6 is 0 Å². The van der Waals surface area contributed by atoms with E-state index in [0.717, 1.165) is 6.42 Å². The molecule has 0 saturated carbocycles. The minimum atomic E-state index is 0.175. The highest BCUT2D eigenvalue weighted by molar-refractivity contribution is 5.78. The fourth-order valence-electron chi connectivity index (χ4n) is 0.985. The molecule has 3 nitrogen and oxygen atoms in total. The van der Waals surface area contributed by atoms with Crippen LogP contribution in [0.5, 0.6) is 0 Å². The minimum absolute atomic E-state index is 0.175. The first-order valence-electron chi connectivity index (χ1n) is 3.16. The predicted octanol–water partition coefficient (Wildman–Crippen LogP) is -0.216. The maximum atomic E-state index is 10.6. The third-order valence-corrected chi connectivity index (χ3v) is 1.60. The van der Waals surface area contributed by atoms with Crippen molar-refractivity contribution in [3.63, 3.8) is 0 Å². The highest BCUT2D eigenvalue weighted by Crippen LogP contribution is 2.07. The molecule has 1 rings (SSSR count). The van der Waals surface area contributed by atoms with Gasteiger partial charge in [-0.15, -0.1) is 0 Å². The van der Waals surface area contributed by atoms with Gasteiger partial charge in [-0.05, 0) is 20.5 Å². The van der Waals surface area contributed by atoms with Gasteiger partial charge in [-0.2, -0.15) is 0 Å². The molecule has 0 bridgehead atoms. The van der Waals surface area contributed by atoms with Gasteiger partial charge in [-0.1, -0.05) is 0 Å². The highest BCUT2D eigenvalue weighted by atomic mass is 16.2. The molecule has 1 unspecified atom stereocenters. The number of carbonyl (C=O) groups excluding carboxylic acids is 1. The van der Waals surface area contributed by atoms with Crippen LogP contribution in [0.2, 0.25) is 0 Å². The molecule has 0 aromatic carbocycles. The molecule has 1 aliphatic rings. The van der Waals surface area contributed by atoms with Crippen LogP contribution in [-0.2, 0) is 4.79 Å². The van der Waals surface area contributed by atoms with Crippen molar-refractivity contribution in [3.8, 4) is 0 Å². The van der Waals surface area contributed by atoms with Gasteiger partial charge in [-0.3, -0.25) is 9.69 Å². The molecule has 0 aromatic heterocycles. The molecule has 3 heteroatoms. The second kappa shape index (κ2) is 2.35. The van der Waals surface area contributed by atoms with Crippen molar-refractivity contribution in [2.45, 2.75) is 19.0 Å². The van der Waals surface area contributed by atoms with E-state index in [-0.39, 0.29) is 12.1 Å². The van der Waals surface area contributed by atoms with Crippen LogP contribution < -0.4 is 5.32 Å². The van der Waals surface area contributed by atoms with E-state index >= 15 is 0 Å². The molecular formula is C6H12N2O. The average Bonchev–Trinajstić information content (AvgIpc) is 2.14. The van der Waals surface area contributed by atoms with E-state index in [9.17, 15) is 4.79 Å². The Balaban J connectivity index is 2.39. The normalized spacial score (nSPS) is 27.0. The van der Waals surface area contributed by atoms with Crippen molar-refractivity contribution in [3.05, 3.63) is 0 Å². The first-order chi connectivity index (χ1) is 4.20. The first kappa shape index (κ1) is 6.55. The lowest BCUT2D eigenvalue weighted by molar-refractivity contribution is -0.119. The maximum Gasteiger partial charge on any atom is 0.221 e. The van der Waals surface area contributed by atoms with Crippen LogP contribution in [-0.4, -0.2) is 31.1 Å². The summed E-state index contributed by atoms with van der Waals surface area (Å²) in [6, 6.07) is 0. The van der Waals surface area contributed by atoms with E-state index in [1.165, 1.54) is 0 Å². The Morgan fingerprint density at radius 1 is 1.67 bits per heavy atom. The van der Waals surface area contributed by atoms with Crippen molar-refractivity contribution in [1.29, 1.82) is 0 Å². The van der Waals surface area contributed by atoms with E-state index in [2.05, 4.69) is 5.32 Å².